The van der Waals surface area contributed by atoms with E-state index in [1.165, 1.54) is 6.20 Å². The molecule has 0 aliphatic heterocycles. The molecule has 1 heterocycles. The van der Waals surface area contributed by atoms with Crippen LogP contribution < -0.4 is 4.90 Å². The molecule has 0 aliphatic rings. The van der Waals surface area contributed by atoms with Crippen LogP contribution in [0.2, 0.25) is 0 Å². The maximum absolute atomic E-state index is 12.8. The predicted octanol–water partition coefficient (Wildman–Crippen LogP) is 4.43. The van der Waals surface area contributed by atoms with Crippen LogP contribution >= 0.6 is 15.9 Å². The Balaban J connectivity index is 2.39. The number of benzene rings is 1. The second-order valence-corrected chi connectivity index (χ2v) is 6.73. The normalized spacial score (nSPS) is 11.0. The molecule has 23 heavy (non-hydrogen) atoms. The van der Waals surface area contributed by atoms with Gasteiger partial charge in [0, 0.05) is 16.2 Å². The summed E-state index contributed by atoms with van der Waals surface area (Å²) in [6.45, 7) is 5.23. The van der Waals surface area contributed by atoms with Crippen LogP contribution in [0.4, 0.5) is 10.6 Å². The van der Waals surface area contributed by atoms with Gasteiger partial charge < -0.3 is 4.74 Å². The molecule has 0 saturated heterocycles. The number of carbonyl (C=O) groups is 2. The Bertz CT molecular complexity index is 694. The molecule has 0 fully saturated rings. The van der Waals surface area contributed by atoms with Crippen molar-refractivity contribution in [3.05, 3.63) is 58.7 Å². The van der Waals surface area contributed by atoms with Gasteiger partial charge in [0.25, 0.3) is 5.91 Å². The standard InChI is InChI=1S/C17H17BrN2O3/c1-17(2,3)23-16(22)20(14-6-4-5-11-19-14)15(21)12-7-9-13(18)10-8-12/h4-11H,1-3H3. The second kappa shape index (κ2) is 6.91. The van der Waals surface area contributed by atoms with Crippen molar-refractivity contribution in [1.82, 2.24) is 4.98 Å². The number of pyridine rings is 1. The molecule has 0 saturated carbocycles. The third-order valence-electron chi connectivity index (χ3n) is 2.75. The third kappa shape index (κ3) is 4.63. The van der Waals surface area contributed by atoms with Gasteiger partial charge in [0.05, 0.1) is 0 Å². The number of anilines is 1. The molecule has 0 radical (unpaired) electrons. The minimum Gasteiger partial charge on any atom is -0.443 e. The zero-order valence-electron chi connectivity index (χ0n) is 13.1. The number of imide groups is 1. The number of nitrogens with zero attached hydrogens (tertiary/aromatic N) is 2. The Labute approximate surface area is 143 Å². The minimum absolute atomic E-state index is 0.217. The first kappa shape index (κ1) is 17.1. The summed E-state index contributed by atoms with van der Waals surface area (Å²) in [5.41, 5.74) is -0.353. The summed E-state index contributed by atoms with van der Waals surface area (Å²) >= 11 is 3.32. The summed E-state index contributed by atoms with van der Waals surface area (Å²) in [5.74, 6) is -0.278. The summed E-state index contributed by atoms with van der Waals surface area (Å²) in [4.78, 5) is 30.3. The molecular formula is C17H17BrN2O3. The summed E-state index contributed by atoms with van der Waals surface area (Å²) in [5, 5.41) is 0. The van der Waals surface area contributed by atoms with E-state index in [2.05, 4.69) is 20.9 Å². The van der Waals surface area contributed by atoms with E-state index in [0.717, 1.165) is 9.37 Å². The van der Waals surface area contributed by atoms with E-state index in [9.17, 15) is 9.59 Å². The van der Waals surface area contributed by atoms with E-state index in [0.29, 0.717) is 5.56 Å². The van der Waals surface area contributed by atoms with E-state index in [1.54, 1.807) is 63.2 Å². The van der Waals surface area contributed by atoms with Crippen molar-refractivity contribution in [2.75, 3.05) is 4.90 Å². The Morgan fingerprint density at radius 1 is 1.09 bits per heavy atom. The largest absolute Gasteiger partial charge is 0.443 e. The lowest BCUT2D eigenvalue weighted by Gasteiger charge is -2.25. The van der Waals surface area contributed by atoms with Crippen LogP contribution in [0.5, 0.6) is 0 Å². The van der Waals surface area contributed by atoms with E-state index >= 15 is 0 Å². The van der Waals surface area contributed by atoms with Crippen LogP contribution in [0.3, 0.4) is 0 Å². The first-order valence-corrected chi connectivity index (χ1v) is 7.81. The van der Waals surface area contributed by atoms with Crippen LogP contribution in [0.15, 0.2) is 53.1 Å². The first-order valence-electron chi connectivity index (χ1n) is 7.02. The Hall–Kier alpha value is -2.21. The molecule has 0 aliphatic carbocycles. The lowest BCUT2D eigenvalue weighted by Crippen LogP contribution is -2.41. The zero-order valence-corrected chi connectivity index (χ0v) is 14.7. The predicted molar refractivity (Wildman–Crippen MR) is 91.4 cm³/mol. The molecule has 0 bridgehead atoms. The van der Waals surface area contributed by atoms with Crippen molar-refractivity contribution in [2.24, 2.45) is 0 Å². The van der Waals surface area contributed by atoms with Crippen LogP contribution in [0, 0.1) is 0 Å². The summed E-state index contributed by atoms with van der Waals surface area (Å²) in [6.07, 6.45) is 0.755. The summed E-state index contributed by atoms with van der Waals surface area (Å²) in [7, 11) is 0. The van der Waals surface area contributed by atoms with Crippen molar-refractivity contribution in [3.63, 3.8) is 0 Å². The Morgan fingerprint density at radius 3 is 2.26 bits per heavy atom. The van der Waals surface area contributed by atoms with E-state index in [1.807, 2.05) is 0 Å². The fourth-order valence-corrected chi connectivity index (χ4v) is 2.06. The zero-order chi connectivity index (χ0) is 17.0. The summed E-state index contributed by atoms with van der Waals surface area (Å²) in [6, 6.07) is 11.7. The molecule has 120 valence electrons. The molecule has 2 rings (SSSR count). The fraction of sp³-hybridized carbons (Fsp3) is 0.235. The topological polar surface area (TPSA) is 59.5 Å². The molecule has 1 aromatic heterocycles. The number of rotatable bonds is 2. The summed E-state index contributed by atoms with van der Waals surface area (Å²) < 4.78 is 6.18. The average Bonchev–Trinajstić information content (AvgIpc) is 2.47. The number of hydrogen-bond acceptors (Lipinski definition) is 4. The van der Waals surface area contributed by atoms with E-state index in [4.69, 9.17) is 4.74 Å². The van der Waals surface area contributed by atoms with Crippen molar-refractivity contribution in [2.45, 2.75) is 26.4 Å². The monoisotopic (exact) mass is 376 g/mol. The highest BCUT2D eigenvalue weighted by Crippen LogP contribution is 2.20. The lowest BCUT2D eigenvalue weighted by atomic mass is 10.2. The van der Waals surface area contributed by atoms with Crippen molar-refractivity contribution < 1.29 is 14.3 Å². The Morgan fingerprint density at radius 2 is 1.74 bits per heavy atom. The average molecular weight is 377 g/mol. The minimum atomic E-state index is -0.760. The first-order chi connectivity index (χ1) is 10.8. The highest BCUT2D eigenvalue weighted by Gasteiger charge is 2.30. The van der Waals surface area contributed by atoms with Gasteiger partial charge in [-0.1, -0.05) is 22.0 Å². The molecule has 2 amide bonds. The quantitative estimate of drug-likeness (QED) is 0.777. The smallest absolute Gasteiger partial charge is 0.423 e. The van der Waals surface area contributed by atoms with Gasteiger partial charge in [-0.3, -0.25) is 4.79 Å². The lowest BCUT2D eigenvalue weighted by molar-refractivity contribution is 0.0563. The highest BCUT2D eigenvalue weighted by molar-refractivity contribution is 9.10. The van der Waals surface area contributed by atoms with Gasteiger partial charge in [0.1, 0.15) is 11.4 Å². The molecule has 1 aromatic carbocycles. The number of aromatic nitrogens is 1. The SMILES string of the molecule is CC(C)(C)OC(=O)N(C(=O)c1ccc(Br)cc1)c1ccccn1. The van der Waals surface area contributed by atoms with E-state index < -0.39 is 17.6 Å². The van der Waals surface area contributed by atoms with Crippen molar-refractivity contribution in [1.29, 1.82) is 0 Å². The van der Waals surface area contributed by atoms with Crippen molar-refractivity contribution in [3.8, 4) is 0 Å². The fourth-order valence-electron chi connectivity index (χ4n) is 1.80. The van der Waals surface area contributed by atoms with Gasteiger partial charge in [0.2, 0.25) is 0 Å². The molecule has 0 spiro atoms. The highest BCUT2D eigenvalue weighted by atomic mass is 79.9. The van der Waals surface area contributed by atoms with Crippen LogP contribution in [0.1, 0.15) is 31.1 Å². The second-order valence-electron chi connectivity index (χ2n) is 5.82. The van der Waals surface area contributed by atoms with Gasteiger partial charge >= 0.3 is 6.09 Å². The number of ether oxygens (including phenoxy) is 1. The van der Waals surface area contributed by atoms with E-state index in [-0.39, 0.29) is 5.82 Å². The van der Waals surface area contributed by atoms with Crippen LogP contribution in [-0.4, -0.2) is 22.6 Å². The number of hydrogen-bond donors (Lipinski definition) is 0. The van der Waals surface area contributed by atoms with Gasteiger partial charge in [-0.05, 0) is 57.2 Å². The molecule has 2 aromatic rings. The molecule has 0 atom stereocenters. The Kier molecular flexibility index (Phi) is 5.15. The van der Waals surface area contributed by atoms with Gasteiger partial charge in [0.15, 0.2) is 0 Å². The number of halogens is 1. The molecule has 5 nitrogen and oxygen atoms in total. The number of amides is 2. The maximum atomic E-state index is 12.8. The van der Waals surface area contributed by atoms with Crippen molar-refractivity contribution >= 4 is 33.7 Å². The maximum Gasteiger partial charge on any atom is 0.423 e. The molecule has 0 N–H and O–H groups in total. The molecule has 6 heteroatoms. The van der Waals surface area contributed by atoms with Gasteiger partial charge in [-0.15, -0.1) is 0 Å². The number of carbonyl (C=O) groups excluding carboxylic acids is 2. The van der Waals surface area contributed by atoms with Gasteiger partial charge in [-0.25, -0.2) is 9.78 Å². The third-order valence-corrected chi connectivity index (χ3v) is 3.28. The van der Waals surface area contributed by atoms with Crippen LogP contribution in [-0.2, 0) is 4.74 Å². The van der Waals surface area contributed by atoms with Crippen LogP contribution in [0.25, 0.3) is 0 Å². The molecule has 0 unspecified atom stereocenters. The molecular weight excluding hydrogens is 360 g/mol. The van der Waals surface area contributed by atoms with Gasteiger partial charge in [-0.2, -0.15) is 4.90 Å².